The van der Waals surface area contributed by atoms with Crippen LogP contribution in [-0.2, 0) is 16.1 Å². The molecule has 1 aromatic heterocycles. The van der Waals surface area contributed by atoms with E-state index in [0.717, 1.165) is 17.1 Å². The number of fused-ring (bicyclic) bond motifs is 1. The van der Waals surface area contributed by atoms with E-state index in [1.54, 1.807) is 19.1 Å². The number of likely N-dealkylation sites (N-methyl/N-ethyl adjacent to an activating group) is 1. The molecule has 0 unspecified atom stereocenters. The van der Waals surface area contributed by atoms with Crippen LogP contribution < -0.4 is 20.1 Å². The Hall–Kier alpha value is -3.46. The number of hydrogen-bond donors (Lipinski definition) is 2. The molecule has 2 aromatic rings. The van der Waals surface area contributed by atoms with E-state index in [1.165, 1.54) is 6.26 Å². The first-order valence-corrected chi connectivity index (χ1v) is 10.1. The van der Waals surface area contributed by atoms with E-state index in [2.05, 4.69) is 10.6 Å². The Balaban J connectivity index is 1.57. The summed E-state index contributed by atoms with van der Waals surface area (Å²) in [6.45, 7) is 3.93. The van der Waals surface area contributed by atoms with Gasteiger partial charge in [0.05, 0.1) is 18.4 Å². The SMILES string of the molecule is CCOC(=O)C1=C(CN(C)Cc2ccc3c(c2)OCCO3)NC(=O)N[C@@H]1c1ccco1. The number of nitrogens with one attached hydrogen (secondary N) is 2. The van der Waals surface area contributed by atoms with Gasteiger partial charge in [-0.2, -0.15) is 0 Å². The number of furan rings is 1. The molecule has 3 heterocycles. The molecule has 4 rings (SSSR count). The fourth-order valence-electron chi connectivity index (χ4n) is 3.69. The van der Waals surface area contributed by atoms with Gasteiger partial charge in [-0.25, -0.2) is 9.59 Å². The fraction of sp³-hybridized carbons (Fsp3) is 0.364. The van der Waals surface area contributed by atoms with Crippen molar-refractivity contribution in [1.82, 2.24) is 15.5 Å². The Bertz CT molecular complexity index is 985. The van der Waals surface area contributed by atoms with Crippen LogP contribution in [0.25, 0.3) is 0 Å². The van der Waals surface area contributed by atoms with Gasteiger partial charge in [0.2, 0.25) is 0 Å². The molecule has 0 radical (unpaired) electrons. The number of hydrogen-bond acceptors (Lipinski definition) is 7. The molecule has 164 valence electrons. The Morgan fingerprint density at radius 2 is 2.00 bits per heavy atom. The standard InChI is InChI=1S/C22H25N3O6/c1-3-28-21(26)19-15(23-22(27)24-20(19)17-5-4-8-29-17)13-25(2)12-14-6-7-16-18(11-14)31-10-9-30-16/h4-8,11,20H,3,9-10,12-13H2,1-2H3,(H2,23,24,27)/t20-/m1/s1. The van der Waals surface area contributed by atoms with E-state index in [0.29, 0.717) is 43.3 Å². The van der Waals surface area contributed by atoms with Gasteiger partial charge in [-0.05, 0) is 43.8 Å². The highest BCUT2D eigenvalue weighted by molar-refractivity contribution is 5.95. The molecule has 2 aliphatic heterocycles. The summed E-state index contributed by atoms with van der Waals surface area (Å²) in [4.78, 5) is 27.1. The smallest absolute Gasteiger partial charge is 0.338 e. The summed E-state index contributed by atoms with van der Waals surface area (Å²) < 4.78 is 21.9. The average Bonchev–Trinajstić information content (AvgIpc) is 3.28. The van der Waals surface area contributed by atoms with Crippen molar-refractivity contribution in [1.29, 1.82) is 0 Å². The minimum absolute atomic E-state index is 0.224. The molecular formula is C22H25N3O6. The minimum atomic E-state index is -0.722. The zero-order valence-corrected chi connectivity index (χ0v) is 17.5. The van der Waals surface area contributed by atoms with Crippen molar-refractivity contribution in [3.63, 3.8) is 0 Å². The zero-order valence-electron chi connectivity index (χ0n) is 17.5. The van der Waals surface area contributed by atoms with Gasteiger partial charge in [0.25, 0.3) is 0 Å². The number of carbonyl (C=O) groups excluding carboxylic acids is 2. The van der Waals surface area contributed by atoms with Gasteiger partial charge in [-0.3, -0.25) is 4.90 Å². The molecule has 2 amide bonds. The number of carbonyl (C=O) groups is 2. The van der Waals surface area contributed by atoms with Crippen molar-refractivity contribution < 1.29 is 28.2 Å². The predicted molar refractivity (Wildman–Crippen MR) is 111 cm³/mol. The predicted octanol–water partition coefficient (Wildman–Crippen LogP) is 2.35. The van der Waals surface area contributed by atoms with Gasteiger partial charge < -0.3 is 29.3 Å². The van der Waals surface area contributed by atoms with Crippen molar-refractivity contribution >= 4 is 12.0 Å². The maximum atomic E-state index is 12.8. The summed E-state index contributed by atoms with van der Waals surface area (Å²) in [7, 11) is 1.91. The molecule has 0 saturated heterocycles. The van der Waals surface area contributed by atoms with Gasteiger partial charge in [0, 0.05) is 18.8 Å². The monoisotopic (exact) mass is 427 g/mol. The second-order valence-electron chi connectivity index (χ2n) is 7.31. The van der Waals surface area contributed by atoms with E-state index in [1.807, 2.05) is 30.1 Å². The summed E-state index contributed by atoms with van der Waals surface area (Å²) in [6.07, 6.45) is 1.50. The Kier molecular flexibility index (Phi) is 6.13. The maximum Gasteiger partial charge on any atom is 0.338 e. The van der Waals surface area contributed by atoms with E-state index in [9.17, 15) is 9.59 Å². The zero-order chi connectivity index (χ0) is 21.8. The number of rotatable bonds is 7. The van der Waals surface area contributed by atoms with Crippen molar-refractivity contribution in [3.05, 3.63) is 59.2 Å². The van der Waals surface area contributed by atoms with Crippen LogP contribution in [0.2, 0.25) is 0 Å². The molecule has 9 nitrogen and oxygen atoms in total. The number of amides is 2. The Labute approximate surface area is 179 Å². The lowest BCUT2D eigenvalue weighted by Crippen LogP contribution is -2.48. The van der Waals surface area contributed by atoms with Crippen molar-refractivity contribution in [2.75, 3.05) is 33.4 Å². The van der Waals surface area contributed by atoms with Crippen molar-refractivity contribution in [3.8, 4) is 11.5 Å². The van der Waals surface area contributed by atoms with Crippen LogP contribution in [0.15, 0.2) is 52.3 Å². The van der Waals surface area contributed by atoms with Gasteiger partial charge in [0.1, 0.15) is 25.0 Å². The molecule has 0 spiro atoms. The molecule has 0 aliphatic carbocycles. The number of urea groups is 1. The summed E-state index contributed by atoms with van der Waals surface area (Å²) >= 11 is 0. The van der Waals surface area contributed by atoms with Crippen LogP contribution in [0.5, 0.6) is 11.5 Å². The third-order valence-corrected chi connectivity index (χ3v) is 4.96. The highest BCUT2D eigenvalue weighted by Gasteiger charge is 2.35. The van der Waals surface area contributed by atoms with Crippen LogP contribution >= 0.6 is 0 Å². The second kappa shape index (κ2) is 9.13. The van der Waals surface area contributed by atoms with Crippen LogP contribution in [0.3, 0.4) is 0 Å². The highest BCUT2D eigenvalue weighted by atomic mass is 16.6. The van der Waals surface area contributed by atoms with Crippen LogP contribution in [0, 0.1) is 0 Å². The first kappa shape index (κ1) is 20.8. The lowest BCUT2D eigenvalue weighted by Gasteiger charge is -2.30. The van der Waals surface area contributed by atoms with Gasteiger partial charge in [0.15, 0.2) is 11.5 Å². The van der Waals surface area contributed by atoms with Crippen LogP contribution in [0.1, 0.15) is 24.3 Å². The summed E-state index contributed by atoms with van der Waals surface area (Å²) in [5, 5.41) is 5.51. The molecule has 31 heavy (non-hydrogen) atoms. The topological polar surface area (TPSA) is 102 Å². The van der Waals surface area contributed by atoms with Crippen LogP contribution in [-0.4, -0.2) is 50.3 Å². The van der Waals surface area contributed by atoms with Crippen LogP contribution in [0.4, 0.5) is 4.79 Å². The minimum Gasteiger partial charge on any atom is -0.486 e. The maximum absolute atomic E-state index is 12.8. The first-order chi connectivity index (χ1) is 15.0. The second-order valence-corrected chi connectivity index (χ2v) is 7.31. The summed E-state index contributed by atoms with van der Waals surface area (Å²) in [6, 6.07) is 8.10. The summed E-state index contributed by atoms with van der Waals surface area (Å²) in [5.74, 6) is 1.41. The largest absolute Gasteiger partial charge is 0.486 e. The quantitative estimate of drug-likeness (QED) is 0.654. The molecule has 0 saturated carbocycles. The van der Waals surface area contributed by atoms with Gasteiger partial charge in [-0.15, -0.1) is 0 Å². The van der Waals surface area contributed by atoms with Gasteiger partial charge >= 0.3 is 12.0 Å². The Morgan fingerprint density at radius 3 is 2.74 bits per heavy atom. The van der Waals surface area contributed by atoms with E-state index in [-0.39, 0.29) is 6.61 Å². The lowest BCUT2D eigenvalue weighted by molar-refractivity contribution is -0.139. The average molecular weight is 427 g/mol. The van der Waals surface area contributed by atoms with E-state index >= 15 is 0 Å². The molecule has 1 aromatic carbocycles. The number of nitrogens with zero attached hydrogens (tertiary/aromatic N) is 1. The molecule has 2 aliphatic rings. The first-order valence-electron chi connectivity index (χ1n) is 10.1. The molecular weight excluding hydrogens is 402 g/mol. The third-order valence-electron chi connectivity index (χ3n) is 4.96. The molecule has 2 N–H and O–H groups in total. The van der Waals surface area contributed by atoms with Crippen molar-refractivity contribution in [2.45, 2.75) is 19.5 Å². The molecule has 1 atom stereocenters. The van der Waals surface area contributed by atoms with Crippen molar-refractivity contribution in [2.24, 2.45) is 0 Å². The van der Waals surface area contributed by atoms with E-state index in [4.69, 9.17) is 18.6 Å². The number of benzene rings is 1. The summed E-state index contributed by atoms with van der Waals surface area (Å²) in [5.41, 5.74) is 1.82. The third kappa shape index (κ3) is 4.66. The number of ether oxygens (including phenoxy) is 3. The van der Waals surface area contributed by atoms with Gasteiger partial charge in [-0.1, -0.05) is 6.07 Å². The van der Waals surface area contributed by atoms with E-state index < -0.39 is 18.0 Å². The lowest BCUT2D eigenvalue weighted by atomic mass is 10.00. The molecule has 0 bridgehead atoms. The normalized spacial score (nSPS) is 17.9. The fourth-order valence-corrected chi connectivity index (χ4v) is 3.69. The highest BCUT2D eigenvalue weighted by Crippen LogP contribution is 2.32. The number of esters is 1. The Morgan fingerprint density at radius 1 is 1.19 bits per heavy atom. The molecule has 0 fully saturated rings. The molecule has 9 heteroatoms.